The standard InChI is InChI=1S/C14H15N3O2S/c1-20-13-11-3-2-10(8-12(11)15-16-13)9-4-6-17(7-5-9)14(18)19/h2-4,8H,5-7H2,1H3,(H,15,16)(H,18,19). The molecule has 6 heteroatoms. The topological polar surface area (TPSA) is 69.2 Å². The Bertz CT molecular complexity index is 693. The fourth-order valence-corrected chi connectivity index (χ4v) is 2.99. The van der Waals surface area contributed by atoms with E-state index in [1.54, 1.807) is 11.8 Å². The summed E-state index contributed by atoms with van der Waals surface area (Å²) in [7, 11) is 0. The Labute approximate surface area is 120 Å². The zero-order valence-corrected chi connectivity index (χ0v) is 11.9. The van der Waals surface area contributed by atoms with Crippen molar-refractivity contribution in [2.24, 2.45) is 0 Å². The van der Waals surface area contributed by atoms with E-state index < -0.39 is 6.09 Å². The highest BCUT2D eigenvalue weighted by molar-refractivity contribution is 7.98. The molecule has 2 heterocycles. The highest BCUT2D eigenvalue weighted by Gasteiger charge is 2.17. The summed E-state index contributed by atoms with van der Waals surface area (Å²) in [6.07, 6.45) is 3.90. The van der Waals surface area contributed by atoms with E-state index in [4.69, 9.17) is 5.11 Å². The summed E-state index contributed by atoms with van der Waals surface area (Å²) in [5.74, 6) is 0. The molecule has 0 aliphatic carbocycles. The van der Waals surface area contributed by atoms with Crippen LogP contribution in [0, 0.1) is 0 Å². The largest absolute Gasteiger partial charge is 0.465 e. The quantitative estimate of drug-likeness (QED) is 0.834. The van der Waals surface area contributed by atoms with Crippen molar-refractivity contribution in [2.45, 2.75) is 11.4 Å². The van der Waals surface area contributed by atoms with Crippen LogP contribution in [0.4, 0.5) is 4.79 Å². The van der Waals surface area contributed by atoms with Gasteiger partial charge in [0, 0.05) is 18.5 Å². The Balaban J connectivity index is 1.90. The van der Waals surface area contributed by atoms with Gasteiger partial charge in [-0.05, 0) is 35.9 Å². The first-order valence-electron chi connectivity index (χ1n) is 6.38. The number of amides is 1. The van der Waals surface area contributed by atoms with Gasteiger partial charge in [0.1, 0.15) is 5.03 Å². The molecule has 0 saturated heterocycles. The number of fused-ring (bicyclic) bond motifs is 1. The molecule has 2 aromatic rings. The molecule has 0 saturated carbocycles. The Hall–Kier alpha value is -1.95. The molecule has 2 N–H and O–H groups in total. The van der Waals surface area contributed by atoms with E-state index in [9.17, 15) is 4.79 Å². The van der Waals surface area contributed by atoms with Gasteiger partial charge in [0.2, 0.25) is 0 Å². The Morgan fingerprint density at radius 3 is 3.00 bits per heavy atom. The first-order valence-corrected chi connectivity index (χ1v) is 7.61. The summed E-state index contributed by atoms with van der Waals surface area (Å²) < 4.78 is 0. The first-order chi connectivity index (χ1) is 9.69. The minimum Gasteiger partial charge on any atom is -0.465 e. The molecule has 0 atom stereocenters. The summed E-state index contributed by atoms with van der Waals surface area (Å²) >= 11 is 1.62. The number of aromatic nitrogens is 2. The van der Waals surface area contributed by atoms with Crippen molar-refractivity contribution in [1.82, 2.24) is 15.1 Å². The summed E-state index contributed by atoms with van der Waals surface area (Å²) in [4.78, 5) is 12.3. The molecule has 0 spiro atoms. The van der Waals surface area contributed by atoms with E-state index in [0.717, 1.165) is 27.9 Å². The maximum absolute atomic E-state index is 10.9. The van der Waals surface area contributed by atoms with Crippen LogP contribution in [-0.4, -0.2) is 45.6 Å². The summed E-state index contributed by atoms with van der Waals surface area (Å²) in [5, 5.41) is 18.4. The van der Waals surface area contributed by atoms with Crippen LogP contribution in [0.15, 0.2) is 29.3 Å². The van der Waals surface area contributed by atoms with Crippen molar-refractivity contribution in [3.8, 4) is 0 Å². The number of benzene rings is 1. The molecule has 20 heavy (non-hydrogen) atoms. The van der Waals surface area contributed by atoms with Crippen LogP contribution in [0.2, 0.25) is 0 Å². The number of nitrogens with zero attached hydrogens (tertiary/aromatic N) is 2. The van der Waals surface area contributed by atoms with E-state index >= 15 is 0 Å². The van der Waals surface area contributed by atoms with Gasteiger partial charge in [0.05, 0.1) is 5.52 Å². The lowest BCUT2D eigenvalue weighted by Gasteiger charge is -2.23. The van der Waals surface area contributed by atoms with Crippen LogP contribution in [0.1, 0.15) is 12.0 Å². The van der Waals surface area contributed by atoms with Crippen molar-refractivity contribution in [3.63, 3.8) is 0 Å². The zero-order valence-electron chi connectivity index (χ0n) is 11.1. The van der Waals surface area contributed by atoms with Gasteiger partial charge in [-0.3, -0.25) is 5.10 Å². The SMILES string of the molecule is CSc1n[nH]c2cc(C3=CCN(C(=O)O)CC3)ccc12. The zero-order chi connectivity index (χ0) is 14.1. The van der Waals surface area contributed by atoms with Gasteiger partial charge in [-0.2, -0.15) is 5.10 Å². The third-order valence-electron chi connectivity index (χ3n) is 3.57. The molecule has 1 aromatic heterocycles. The second-order valence-corrected chi connectivity index (χ2v) is 5.50. The molecule has 1 amide bonds. The van der Waals surface area contributed by atoms with Gasteiger partial charge < -0.3 is 10.0 Å². The van der Waals surface area contributed by atoms with Crippen molar-refractivity contribution in [2.75, 3.05) is 19.3 Å². The number of H-pyrrole nitrogens is 1. The number of rotatable bonds is 2. The number of hydrogen-bond donors (Lipinski definition) is 2. The van der Waals surface area contributed by atoms with E-state index in [1.165, 1.54) is 10.5 Å². The molecule has 1 aromatic carbocycles. The van der Waals surface area contributed by atoms with Crippen molar-refractivity contribution >= 4 is 34.3 Å². The molecule has 0 fully saturated rings. The molecular formula is C14H15N3O2S. The highest BCUT2D eigenvalue weighted by atomic mass is 32.2. The minimum absolute atomic E-state index is 0.460. The van der Waals surface area contributed by atoms with Crippen molar-refractivity contribution in [1.29, 1.82) is 0 Å². The molecule has 1 aliphatic rings. The third-order valence-corrected chi connectivity index (χ3v) is 4.27. The average molecular weight is 289 g/mol. The van der Waals surface area contributed by atoms with Crippen molar-refractivity contribution in [3.05, 3.63) is 29.8 Å². The molecule has 1 aliphatic heterocycles. The van der Waals surface area contributed by atoms with Gasteiger partial charge in [-0.15, -0.1) is 11.8 Å². The maximum atomic E-state index is 10.9. The second-order valence-electron chi connectivity index (χ2n) is 4.70. The Morgan fingerprint density at radius 2 is 2.35 bits per heavy atom. The van der Waals surface area contributed by atoms with Crippen LogP contribution in [0.5, 0.6) is 0 Å². The highest BCUT2D eigenvalue weighted by Crippen LogP contribution is 2.28. The van der Waals surface area contributed by atoms with Gasteiger partial charge >= 0.3 is 6.09 Å². The van der Waals surface area contributed by atoms with E-state index in [-0.39, 0.29) is 0 Å². The predicted molar refractivity (Wildman–Crippen MR) is 80.1 cm³/mol. The Kier molecular flexibility index (Phi) is 3.40. The van der Waals surface area contributed by atoms with E-state index in [0.29, 0.717) is 13.1 Å². The summed E-state index contributed by atoms with van der Waals surface area (Å²) in [5.41, 5.74) is 3.36. The van der Waals surface area contributed by atoms with Gasteiger partial charge in [-0.1, -0.05) is 12.1 Å². The molecule has 3 rings (SSSR count). The monoisotopic (exact) mass is 289 g/mol. The fourth-order valence-electron chi connectivity index (χ4n) is 2.45. The van der Waals surface area contributed by atoms with Crippen LogP contribution in [0.3, 0.4) is 0 Å². The van der Waals surface area contributed by atoms with Gasteiger partial charge in [-0.25, -0.2) is 4.79 Å². The van der Waals surface area contributed by atoms with Crippen LogP contribution in [0.25, 0.3) is 16.5 Å². The Morgan fingerprint density at radius 1 is 1.50 bits per heavy atom. The van der Waals surface area contributed by atoms with Crippen LogP contribution in [-0.2, 0) is 0 Å². The summed E-state index contributed by atoms with van der Waals surface area (Å²) in [6.45, 7) is 1.01. The molecule has 0 radical (unpaired) electrons. The minimum atomic E-state index is -0.853. The lowest BCUT2D eigenvalue weighted by atomic mass is 9.99. The molecular weight excluding hydrogens is 274 g/mol. The molecule has 5 nitrogen and oxygen atoms in total. The number of carboxylic acid groups (broad SMARTS) is 1. The normalized spacial score (nSPS) is 15.4. The van der Waals surface area contributed by atoms with E-state index in [1.807, 2.05) is 12.3 Å². The van der Waals surface area contributed by atoms with E-state index in [2.05, 4.69) is 28.4 Å². The number of carbonyl (C=O) groups is 1. The predicted octanol–water partition coefficient (Wildman–Crippen LogP) is 3.05. The molecule has 104 valence electrons. The number of nitrogens with one attached hydrogen (secondary N) is 1. The smallest absolute Gasteiger partial charge is 0.407 e. The molecule has 0 bridgehead atoms. The van der Waals surface area contributed by atoms with Gasteiger partial charge in [0.25, 0.3) is 0 Å². The third kappa shape index (κ3) is 2.27. The number of thioether (sulfide) groups is 1. The lowest BCUT2D eigenvalue weighted by Crippen LogP contribution is -2.33. The molecule has 0 unspecified atom stereocenters. The van der Waals surface area contributed by atoms with Gasteiger partial charge in [0.15, 0.2) is 0 Å². The number of hydrogen-bond acceptors (Lipinski definition) is 3. The van der Waals surface area contributed by atoms with Crippen molar-refractivity contribution < 1.29 is 9.90 Å². The lowest BCUT2D eigenvalue weighted by molar-refractivity contribution is 0.150. The average Bonchev–Trinajstić information content (AvgIpc) is 2.89. The number of aromatic amines is 1. The van der Waals surface area contributed by atoms with Crippen LogP contribution < -0.4 is 0 Å². The second kappa shape index (κ2) is 5.20. The first kappa shape index (κ1) is 13.1. The maximum Gasteiger partial charge on any atom is 0.407 e. The fraction of sp³-hybridized carbons (Fsp3) is 0.286. The summed E-state index contributed by atoms with van der Waals surface area (Å²) in [6, 6.07) is 6.24. The van der Waals surface area contributed by atoms with Crippen LogP contribution >= 0.6 is 11.8 Å².